The van der Waals surface area contributed by atoms with Crippen LogP contribution in [0.15, 0.2) is 42.5 Å². The highest BCUT2D eigenvalue weighted by molar-refractivity contribution is 6.14. The number of aromatic nitrogens is 1. The fourth-order valence-corrected chi connectivity index (χ4v) is 3.51. The van der Waals surface area contributed by atoms with Gasteiger partial charge in [0.1, 0.15) is 0 Å². The molecule has 2 aromatic carbocycles. The van der Waals surface area contributed by atoms with Gasteiger partial charge in [-0.2, -0.15) is 13.2 Å². The number of nitrogens with zero attached hydrogens (tertiary/aromatic N) is 1. The first-order valence-electron chi connectivity index (χ1n) is 9.47. The van der Waals surface area contributed by atoms with E-state index in [9.17, 15) is 22.8 Å². The van der Waals surface area contributed by atoms with Gasteiger partial charge in [0.25, 0.3) is 0 Å². The number of carbonyl (C=O) groups excluding carboxylic acids is 2. The molecule has 0 fully saturated rings. The predicted molar refractivity (Wildman–Crippen MR) is 104 cm³/mol. The quantitative estimate of drug-likeness (QED) is 0.266. The predicted octanol–water partition coefficient (Wildman–Crippen LogP) is 6.08. The van der Waals surface area contributed by atoms with Crippen LogP contribution in [0.4, 0.5) is 13.2 Å². The topological polar surface area (TPSA) is 39.1 Å². The maximum atomic E-state index is 12.5. The minimum atomic E-state index is -4.99. The number of halogens is 3. The van der Waals surface area contributed by atoms with Crippen LogP contribution < -0.4 is 0 Å². The molecule has 0 amide bonds. The van der Waals surface area contributed by atoms with Crippen molar-refractivity contribution in [2.45, 2.75) is 51.7 Å². The summed E-state index contributed by atoms with van der Waals surface area (Å²) in [6, 6.07) is 12.7. The first-order valence-corrected chi connectivity index (χ1v) is 9.47. The number of rotatable bonds is 8. The van der Waals surface area contributed by atoms with Crippen LogP contribution in [-0.4, -0.2) is 22.3 Å². The van der Waals surface area contributed by atoms with E-state index in [1.165, 1.54) is 12.5 Å². The molecular weight excluding hydrogens is 367 g/mol. The first-order chi connectivity index (χ1) is 13.3. The molecule has 1 aromatic heterocycles. The summed E-state index contributed by atoms with van der Waals surface area (Å²) in [4.78, 5) is 23.4. The standard InChI is InChI=1S/C22H22F3NO2/c1-2-3-4-7-12-26-18-9-6-5-8-16(18)17-13-15(10-11-19(17)26)20(27)14-21(28)22(23,24)25/h5-6,8-11,13H,2-4,7,12,14H2,1H3. The lowest BCUT2D eigenvalue weighted by atomic mass is 10.0. The van der Waals surface area contributed by atoms with E-state index in [4.69, 9.17) is 0 Å². The maximum absolute atomic E-state index is 12.5. The smallest absolute Gasteiger partial charge is 0.340 e. The van der Waals surface area contributed by atoms with Gasteiger partial charge in [-0.3, -0.25) is 9.59 Å². The number of Topliss-reactive ketones (excluding diaryl/α,β-unsaturated/α-hetero) is 2. The molecule has 0 radical (unpaired) electrons. The van der Waals surface area contributed by atoms with Crippen molar-refractivity contribution in [3.05, 3.63) is 48.0 Å². The second kappa shape index (κ2) is 8.17. The molecule has 0 spiro atoms. The summed E-state index contributed by atoms with van der Waals surface area (Å²) >= 11 is 0. The van der Waals surface area contributed by atoms with Crippen LogP contribution in [0.5, 0.6) is 0 Å². The zero-order chi connectivity index (χ0) is 20.3. The molecule has 0 saturated heterocycles. The molecule has 3 nitrogen and oxygen atoms in total. The molecule has 0 atom stereocenters. The van der Waals surface area contributed by atoms with Crippen LogP contribution in [0.25, 0.3) is 21.8 Å². The molecule has 3 rings (SSSR count). The Hall–Kier alpha value is -2.63. The highest BCUT2D eigenvalue weighted by atomic mass is 19.4. The van der Waals surface area contributed by atoms with E-state index in [1.54, 1.807) is 12.1 Å². The lowest BCUT2D eigenvalue weighted by Gasteiger charge is -2.08. The van der Waals surface area contributed by atoms with Crippen molar-refractivity contribution in [2.75, 3.05) is 0 Å². The minimum Gasteiger partial charge on any atom is -0.340 e. The number of ketones is 2. The molecule has 0 aliphatic heterocycles. The summed E-state index contributed by atoms with van der Waals surface area (Å²) in [5.74, 6) is -2.83. The Morgan fingerprint density at radius 2 is 1.64 bits per heavy atom. The molecule has 0 unspecified atom stereocenters. The molecule has 0 bridgehead atoms. The van der Waals surface area contributed by atoms with Gasteiger partial charge in [-0.05, 0) is 30.7 Å². The summed E-state index contributed by atoms with van der Waals surface area (Å²) in [5.41, 5.74) is 2.10. The molecular formula is C22H22F3NO2. The zero-order valence-electron chi connectivity index (χ0n) is 15.7. The monoisotopic (exact) mass is 389 g/mol. The fraction of sp³-hybridized carbons (Fsp3) is 0.364. The largest absolute Gasteiger partial charge is 0.450 e. The van der Waals surface area contributed by atoms with Crippen LogP contribution in [0.3, 0.4) is 0 Å². The normalized spacial score (nSPS) is 12.0. The summed E-state index contributed by atoms with van der Waals surface area (Å²) in [6.45, 7) is 2.99. The molecule has 1 heterocycles. The van der Waals surface area contributed by atoms with E-state index in [-0.39, 0.29) is 5.56 Å². The Bertz CT molecular complexity index is 1020. The third-order valence-corrected chi connectivity index (χ3v) is 4.97. The summed E-state index contributed by atoms with van der Waals surface area (Å²) < 4.78 is 39.6. The molecule has 28 heavy (non-hydrogen) atoms. The second-order valence-corrected chi connectivity index (χ2v) is 6.98. The van der Waals surface area contributed by atoms with Gasteiger partial charge in [0.2, 0.25) is 5.78 Å². The lowest BCUT2D eigenvalue weighted by molar-refractivity contribution is -0.170. The van der Waals surface area contributed by atoms with E-state index in [0.717, 1.165) is 47.6 Å². The minimum absolute atomic E-state index is 0.124. The van der Waals surface area contributed by atoms with Crippen molar-refractivity contribution in [3.63, 3.8) is 0 Å². The Balaban J connectivity index is 1.96. The van der Waals surface area contributed by atoms with Crippen LogP contribution in [0, 0.1) is 0 Å². The first kappa shape index (κ1) is 20.1. The Morgan fingerprint density at radius 1 is 0.929 bits per heavy atom. The molecule has 6 heteroatoms. The van der Waals surface area contributed by atoms with E-state index in [1.807, 2.05) is 24.3 Å². The third-order valence-electron chi connectivity index (χ3n) is 4.97. The highest BCUT2D eigenvalue weighted by Crippen LogP contribution is 2.31. The van der Waals surface area contributed by atoms with Crippen LogP contribution in [-0.2, 0) is 11.3 Å². The number of para-hydroxylation sites is 1. The number of hydrogen-bond donors (Lipinski definition) is 0. The van der Waals surface area contributed by atoms with Crippen molar-refractivity contribution in [1.82, 2.24) is 4.57 Å². The van der Waals surface area contributed by atoms with Crippen LogP contribution in [0.2, 0.25) is 0 Å². The average Bonchev–Trinajstić information content (AvgIpc) is 2.98. The highest BCUT2D eigenvalue weighted by Gasteiger charge is 2.39. The zero-order valence-corrected chi connectivity index (χ0v) is 15.7. The van der Waals surface area contributed by atoms with Gasteiger partial charge in [0.15, 0.2) is 5.78 Å². The number of aryl methyl sites for hydroxylation is 1. The van der Waals surface area contributed by atoms with Gasteiger partial charge < -0.3 is 4.57 Å². The SMILES string of the molecule is CCCCCCn1c2ccccc2c2cc(C(=O)CC(=O)C(F)(F)F)ccc21. The van der Waals surface area contributed by atoms with Gasteiger partial charge >= 0.3 is 6.18 Å². The number of benzene rings is 2. The Labute approximate surface area is 161 Å². The average molecular weight is 389 g/mol. The number of carbonyl (C=O) groups is 2. The van der Waals surface area contributed by atoms with Gasteiger partial charge in [-0.1, -0.05) is 44.4 Å². The van der Waals surface area contributed by atoms with Crippen molar-refractivity contribution in [2.24, 2.45) is 0 Å². The van der Waals surface area contributed by atoms with Crippen LogP contribution in [0.1, 0.15) is 49.4 Å². The van der Waals surface area contributed by atoms with E-state index in [0.29, 0.717) is 0 Å². The molecule has 0 aliphatic rings. The molecule has 148 valence electrons. The Morgan fingerprint density at radius 3 is 2.36 bits per heavy atom. The van der Waals surface area contributed by atoms with Crippen LogP contribution >= 0.6 is 0 Å². The van der Waals surface area contributed by atoms with Crippen molar-refractivity contribution < 1.29 is 22.8 Å². The summed E-state index contributed by atoms with van der Waals surface area (Å²) in [6.07, 6.45) is -1.68. The number of unbranched alkanes of at least 4 members (excludes halogenated alkanes) is 3. The summed E-state index contributed by atoms with van der Waals surface area (Å²) in [7, 11) is 0. The number of hydrogen-bond acceptors (Lipinski definition) is 2. The molecule has 0 N–H and O–H groups in total. The third kappa shape index (κ3) is 4.11. The molecule has 0 aliphatic carbocycles. The fourth-order valence-electron chi connectivity index (χ4n) is 3.51. The van der Waals surface area contributed by atoms with Gasteiger partial charge in [-0.25, -0.2) is 0 Å². The van der Waals surface area contributed by atoms with E-state index in [2.05, 4.69) is 11.5 Å². The second-order valence-electron chi connectivity index (χ2n) is 6.98. The number of alkyl halides is 3. The van der Waals surface area contributed by atoms with Gasteiger partial charge in [0.05, 0.1) is 6.42 Å². The summed E-state index contributed by atoms with van der Waals surface area (Å²) in [5, 5.41) is 1.76. The van der Waals surface area contributed by atoms with Crippen molar-refractivity contribution >= 4 is 33.4 Å². The van der Waals surface area contributed by atoms with Crippen molar-refractivity contribution in [3.8, 4) is 0 Å². The van der Waals surface area contributed by atoms with Crippen molar-refractivity contribution in [1.29, 1.82) is 0 Å². The van der Waals surface area contributed by atoms with E-state index >= 15 is 0 Å². The molecule has 0 saturated carbocycles. The maximum Gasteiger partial charge on any atom is 0.450 e. The van der Waals surface area contributed by atoms with Gasteiger partial charge in [0, 0.05) is 33.9 Å². The van der Waals surface area contributed by atoms with E-state index < -0.39 is 24.2 Å². The van der Waals surface area contributed by atoms with Gasteiger partial charge in [-0.15, -0.1) is 0 Å². The lowest BCUT2D eigenvalue weighted by Crippen LogP contribution is -2.25. The Kier molecular flexibility index (Phi) is 5.87. The molecule has 3 aromatic rings. The number of fused-ring (bicyclic) bond motifs is 3.